The standard InChI is InChI=1S/C28H27N3O5/c32-20-12-9-17(10-13-20)15-18-11-14-22-25(21-7-3-4-8-23(21)30-26(18)22)27(34)36-16-24(33)31-28(35)29-19-5-1-2-6-19/h3-4,7-10,12-13,15,19,32H,1-2,5-6,11,14,16H2,(H2,29,31,33,35)/b18-15+. The Morgan fingerprint density at radius 2 is 1.78 bits per heavy atom. The van der Waals surface area contributed by atoms with E-state index in [1.54, 1.807) is 12.1 Å². The summed E-state index contributed by atoms with van der Waals surface area (Å²) < 4.78 is 5.35. The third-order valence-electron chi connectivity index (χ3n) is 6.66. The Morgan fingerprint density at radius 3 is 2.56 bits per heavy atom. The van der Waals surface area contributed by atoms with Crippen molar-refractivity contribution in [3.05, 3.63) is 70.9 Å². The van der Waals surface area contributed by atoms with Crippen LogP contribution >= 0.6 is 0 Å². The number of hydrogen-bond donors (Lipinski definition) is 3. The predicted octanol–water partition coefficient (Wildman–Crippen LogP) is 4.35. The molecule has 0 unspecified atom stereocenters. The van der Waals surface area contributed by atoms with Gasteiger partial charge < -0.3 is 15.2 Å². The number of para-hydroxylation sites is 1. The molecular formula is C28H27N3O5. The number of imide groups is 1. The van der Waals surface area contributed by atoms with Crippen LogP contribution in [0.25, 0.3) is 22.6 Å². The van der Waals surface area contributed by atoms with Gasteiger partial charge in [-0.1, -0.05) is 43.2 Å². The number of rotatable bonds is 5. The molecule has 0 aliphatic heterocycles. The van der Waals surface area contributed by atoms with Crippen molar-refractivity contribution < 1.29 is 24.2 Å². The quantitative estimate of drug-likeness (QED) is 0.463. The highest BCUT2D eigenvalue weighted by Crippen LogP contribution is 2.37. The summed E-state index contributed by atoms with van der Waals surface area (Å²) >= 11 is 0. The van der Waals surface area contributed by atoms with E-state index in [4.69, 9.17) is 9.72 Å². The second kappa shape index (κ2) is 10.2. The number of pyridine rings is 1. The molecule has 0 spiro atoms. The van der Waals surface area contributed by atoms with Gasteiger partial charge in [0.2, 0.25) is 0 Å². The van der Waals surface area contributed by atoms with Crippen LogP contribution in [-0.4, -0.2) is 40.6 Å². The number of carbonyl (C=O) groups is 3. The lowest BCUT2D eigenvalue weighted by molar-refractivity contribution is -0.123. The number of nitrogens with zero attached hydrogens (tertiary/aromatic N) is 1. The molecule has 5 rings (SSSR count). The molecule has 1 saturated carbocycles. The number of phenolic OH excluding ortho intramolecular Hbond substituents is 1. The molecule has 2 aromatic carbocycles. The molecule has 3 amide bonds. The van der Waals surface area contributed by atoms with Crippen molar-refractivity contribution >= 4 is 40.5 Å². The number of fused-ring (bicyclic) bond motifs is 2. The lowest BCUT2D eigenvalue weighted by atomic mass is 10.0. The summed E-state index contributed by atoms with van der Waals surface area (Å²) in [4.78, 5) is 42.3. The van der Waals surface area contributed by atoms with Gasteiger partial charge in [-0.2, -0.15) is 0 Å². The Labute approximate surface area is 208 Å². The van der Waals surface area contributed by atoms with E-state index in [0.717, 1.165) is 48.1 Å². The van der Waals surface area contributed by atoms with Gasteiger partial charge in [0.25, 0.3) is 5.91 Å². The number of ether oxygens (including phenoxy) is 1. The minimum absolute atomic E-state index is 0.0787. The molecule has 8 nitrogen and oxygen atoms in total. The smallest absolute Gasteiger partial charge is 0.339 e. The van der Waals surface area contributed by atoms with Crippen LogP contribution in [0.5, 0.6) is 5.75 Å². The lowest BCUT2D eigenvalue weighted by Gasteiger charge is -2.14. The third kappa shape index (κ3) is 5.07. The molecule has 36 heavy (non-hydrogen) atoms. The molecule has 0 bridgehead atoms. The van der Waals surface area contributed by atoms with E-state index in [-0.39, 0.29) is 11.8 Å². The van der Waals surface area contributed by atoms with Gasteiger partial charge in [0.15, 0.2) is 6.61 Å². The Bertz CT molecular complexity index is 1360. The lowest BCUT2D eigenvalue weighted by Crippen LogP contribution is -2.45. The molecule has 1 fully saturated rings. The first-order valence-corrected chi connectivity index (χ1v) is 12.2. The van der Waals surface area contributed by atoms with Crippen LogP contribution in [0.3, 0.4) is 0 Å². The number of urea groups is 1. The zero-order valence-corrected chi connectivity index (χ0v) is 19.8. The average molecular weight is 486 g/mol. The maximum Gasteiger partial charge on any atom is 0.339 e. The molecule has 184 valence electrons. The first-order chi connectivity index (χ1) is 17.5. The van der Waals surface area contributed by atoms with Gasteiger partial charge in [0, 0.05) is 11.4 Å². The van der Waals surface area contributed by atoms with E-state index in [0.29, 0.717) is 29.3 Å². The molecule has 0 saturated heterocycles. The fourth-order valence-corrected chi connectivity index (χ4v) is 4.94. The van der Waals surface area contributed by atoms with Crippen molar-refractivity contribution in [3.8, 4) is 5.75 Å². The van der Waals surface area contributed by atoms with Crippen LogP contribution < -0.4 is 10.6 Å². The van der Waals surface area contributed by atoms with Crippen molar-refractivity contribution in [1.82, 2.24) is 15.6 Å². The fourth-order valence-electron chi connectivity index (χ4n) is 4.94. The summed E-state index contributed by atoms with van der Waals surface area (Å²) in [6.45, 7) is -0.557. The zero-order chi connectivity index (χ0) is 25.1. The van der Waals surface area contributed by atoms with E-state index in [1.807, 2.05) is 42.5 Å². The number of esters is 1. The molecule has 1 aromatic heterocycles. The number of phenols is 1. The summed E-state index contributed by atoms with van der Waals surface area (Å²) in [6.07, 6.45) is 7.23. The van der Waals surface area contributed by atoms with E-state index in [9.17, 15) is 19.5 Å². The molecule has 3 N–H and O–H groups in total. The van der Waals surface area contributed by atoms with Gasteiger partial charge in [-0.25, -0.2) is 14.6 Å². The maximum absolute atomic E-state index is 13.2. The predicted molar refractivity (Wildman–Crippen MR) is 135 cm³/mol. The molecule has 2 aliphatic carbocycles. The maximum atomic E-state index is 13.2. The van der Waals surface area contributed by atoms with Crippen molar-refractivity contribution in [2.45, 2.75) is 44.6 Å². The number of allylic oxidation sites excluding steroid dienone is 1. The van der Waals surface area contributed by atoms with Crippen LogP contribution in [-0.2, 0) is 16.0 Å². The summed E-state index contributed by atoms with van der Waals surface area (Å²) in [7, 11) is 0. The Balaban J connectivity index is 1.35. The fraction of sp³-hybridized carbons (Fsp3) is 0.286. The van der Waals surface area contributed by atoms with E-state index in [1.165, 1.54) is 0 Å². The molecule has 2 aliphatic rings. The van der Waals surface area contributed by atoms with Gasteiger partial charge in [-0.05, 0) is 66.7 Å². The highest BCUT2D eigenvalue weighted by atomic mass is 16.5. The first-order valence-electron chi connectivity index (χ1n) is 12.2. The Hall–Kier alpha value is -4.20. The van der Waals surface area contributed by atoms with Crippen molar-refractivity contribution in [2.24, 2.45) is 0 Å². The van der Waals surface area contributed by atoms with Crippen LogP contribution in [0.1, 0.15) is 59.3 Å². The Morgan fingerprint density at radius 1 is 1.03 bits per heavy atom. The molecule has 3 aromatic rings. The molecular weight excluding hydrogens is 458 g/mol. The second-order valence-corrected chi connectivity index (χ2v) is 9.17. The number of aromatic hydroxyl groups is 1. The molecule has 0 atom stereocenters. The first kappa shape index (κ1) is 23.5. The SMILES string of the molecule is O=C(COC(=O)c1c2c(nc3ccccc13)/C(=C/c1ccc(O)cc1)CC2)NC(=O)NC1CCCC1. The van der Waals surface area contributed by atoms with Crippen molar-refractivity contribution in [1.29, 1.82) is 0 Å². The van der Waals surface area contributed by atoms with Crippen LogP contribution in [0, 0.1) is 0 Å². The third-order valence-corrected chi connectivity index (χ3v) is 6.66. The van der Waals surface area contributed by atoms with Crippen molar-refractivity contribution in [3.63, 3.8) is 0 Å². The van der Waals surface area contributed by atoms with Gasteiger partial charge >= 0.3 is 12.0 Å². The molecule has 1 heterocycles. The number of amides is 3. The van der Waals surface area contributed by atoms with Gasteiger partial charge in [0.05, 0.1) is 16.8 Å². The molecule has 0 radical (unpaired) electrons. The normalized spacial score (nSPS) is 16.2. The van der Waals surface area contributed by atoms with Crippen LogP contribution in [0.4, 0.5) is 4.79 Å². The summed E-state index contributed by atoms with van der Waals surface area (Å²) in [6, 6.07) is 13.7. The highest BCUT2D eigenvalue weighted by molar-refractivity contribution is 6.08. The largest absolute Gasteiger partial charge is 0.508 e. The van der Waals surface area contributed by atoms with Crippen LogP contribution in [0.15, 0.2) is 48.5 Å². The minimum Gasteiger partial charge on any atom is -0.508 e. The second-order valence-electron chi connectivity index (χ2n) is 9.17. The highest BCUT2D eigenvalue weighted by Gasteiger charge is 2.28. The molecule has 8 heteroatoms. The number of carbonyl (C=O) groups excluding carboxylic acids is 3. The number of hydrogen-bond acceptors (Lipinski definition) is 6. The summed E-state index contributed by atoms with van der Waals surface area (Å²) in [5.41, 5.74) is 4.46. The topological polar surface area (TPSA) is 118 Å². The number of benzene rings is 2. The summed E-state index contributed by atoms with van der Waals surface area (Å²) in [5.74, 6) is -1.11. The number of nitrogens with one attached hydrogen (secondary N) is 2. The van der Waals surface area contributed by atoms with Gasteiger partial charge in [0.1, 0.15) is 5.75 Å². The van der Waals surface area contributed by atoms with Crippen LogP contribution in [0.2, 0.25) is 0 Å². The van der Waals surface area contributed by atoms with E-state index < -0.39 is 24.5 Å². The minimum atomic E-state index is -0.679. The average Bonchev–Trinajstić information content (AvgIpc) is 3.52. The van der Waals surface area contributed by atoms with Gasteiger partial charge in [-0.15, -0.1) is 0 Å². The zero-order valence-electron chi connectivity index (χ0n) is 19.8. The van der Waals surface area contributed by atoms with Crippen molar-refractivity contribution in [2.75, 3.05) is 6.61 Å². The Kier molecular flexibility index (Phi) is 6.66. The van der Waals surface area contributed by atoms with E-state index in [2.05, 4.69) is 10.6 Å². The number of aromatic nitrogens is 1. The monoisotopic (exact) mass is 485 g/mol. The van der Waals surface area contributed by atoms with E-state index >= 15 is 0 Å². The summed E-state index contributed by atoms with van der Waals surface area (Å²) in [5, 5.41) is 15.2. The van der Waals surface area contributed by atoms with Gasteiger partial charge in [-0.3, -0.25) is 10.1 Å².